The van der Waals surface area contributed by atoms with E-state index in [0.29, 0.717) is 19.3 Å². The molecular weight excluding hydrogens is 554 g/mol. The second-order valence-corrected chi connectivity index (χ2v) is 13.8. The molecule has 7 nitrogen and oxygen atoms in total. The summed E-state index contributed by atoms with van der Waals surface area (Å²) in [6.07, 6.45) is 8.07. The van der Waals surface area contributed by atoms with E-state index >= 15 is 0 Å². The molecule has 3 saturated carbocycles. The van der Waals surface area contributed by atoms with Crippen molar-refractivity contribution in [2.75, 3.05) is 26.1 Å². The van der Waals surface area contributed by atoms with Gasteiger partial charge in [-0.1, -0.05) is 61.9 Å². The molecule has 0 saturated heterocycles. The molecule has 2 aromatic carbocycles. The van der Waals surface area contributed by atoms with Crippen LogP contribution in [0.2, 0.25) is 0 Å². The third-order valence-electron chi connectivity index (χ3n) is 11.6. The number of Topliss-reactive ketones (excluding diaryl/α,β-unsaturated/α-hetero) is 1. The van der Waals surface area contributed by atoms with E-state index < -0.39 is 35.2 Å². The molecule has 4 aliphatic carbocycles. The van der Waals surface area contributed by atoms with Crippen LogP contribution in [0.4, 0.5) is 5.69 Å². The molecule has 8 atom stereocenters. The Bertz CT molecular complexity index is 1480. The summed E-state index contributed by atoms with van der Waals surface area (Å²) in [5.74, 6) is -0.294. The van der Waals surface area contributed by atoms with Gasteiger partial charge in [0.15, 0.2) is 17.2 Å². The maximum Gasteiger partial charge on any atom is 0.193 e. The molecule has 0 spiro atoms. The fourth-order valence-electron chi connectivity index (χ4n) is 9.61. The lowest BCUT2D eigenvalue weighted by atomic mass is 9.46. The summed E-state index contributed by atoms with van der Waals surface area (Å²) in [6, 6.07) is 16.3. The highest BCUT2D eigenvalue weighted by Crippen LogP contribution is 2.68. The van der Waals surface area contributed by atoms with Gasteiger partial charge in [-0.15, -0.1) is 0 Å². The van der Waals surface area contributed by atoms with Gasteiger partial charge in [-0.3, -0.25) is 9.59 Å². The molecule has 0 radical (unpaired) electrons. The van der Waals surface area contributed by atoms with Crippen LogP contribution in [-0.4, -0.2) is 59.9 Å². The van der Waals surface area contributed by atoms with Gasteiger partial charge >= 0.3 is 0 Å². The first kappa shape index (κ1) is 30.9. The van der Waals surface area contributed by atoms with E-state index in [2.05, 4.69) is 44.2 Å². The van der Waals surface area contributed by atoms with E-state index in [1.54, 1.807) is 19.3 Å². The SMILES string of the molecule is CO[C@@H]1CC2C3CCC4=CC(=O)C=CC4(C)C3C(O)CC2(C)C1(OCCc1ccc(Cc2cccc(N)c2)cc1)C(=O)CO. The van der Waals surface area contributed by atoms with Crippen LogP contribution in [0.15, 0.2) is 72.3 Å². The Kier molecular flexibility index (Phi) is 8.20. The zero-order chi connectivity index (χ0) is 31.3. The number of benzene rings is 2. The molecule has 7 heteroatoms. The highest BCUT2D eigenvalue weighted by atomic mass is 16.6. The van der Waals surface area contributed by atoms with Gasteiger partial charge in [0.25, 0.3) is 0 Å². The minimum absolute atomic E-state index is 0.00311. The van der Waals surface area contributed by atoms with Crippen LogP contribution >= 0.6 is 0 Å². The van der Waals surface area contributed by atoms with E-state index in [1.807, 2.05) is 24.3 Å². The molecule has 2 aromatic rings. The number of hydrogen-bond donors (Lipinski definition) is 3. The minimum atomic E-state index is -1.38. The number of aliphatic hydroxyl groups is 2. The van der Waals surface area contributed by atoms with E-state index in [0.717, 1.165) is 41.6 Å². The van der Waals surface area contributed by atoms with Gasteiger partial charge in [0, 0.05) is 29.5 Å². The molecule has 0 aliphatic heterocycles. The van der Waals surface area contributed by atoms with Gasteiger partial charge in [-0.25, -0.2) is 0 Å². The highest BCUT2D eigenvalue weighted by Gasteiger charge is 2.73. The molecule has 4 aliphatic rings. The lowest BCUT2D eigenvalue weighted by Gasteiger charge is -2.60. The summed E-state index contributed by atoms with van der Waals surface area (Å²) in [7, 11) is 1.61. The monoisotopic (exact) mass is 599 g/mol. The predicted molar refractivity (Wildman–Crippen MR) is 169 cm³/mol. The maximum absolute atomic E-state index is 13.8. The van der Waals surface area contributed by atoms with E-state index in [4.69, 9.17) is 15.2 Å². The topological polar surface area (TPSA) is 119 Å². The van der Waals surface area contributed by atoms with Crippen LogP contribution in [0.1, 0.15) is 56.2 Å². The second-order valence-electron chi connectivity index (χ2n) is 13.8. The van der Waals surface area contributed by atoms with Crippen molar-refractivity contribution in [3.63, 3.8) is 0 Å². The highest BCUT2D eigenvalue weighted by molar-refractivity contribution is 6.01. The number of allylic oxidation sites excluding steroid dienone is 4. The van der Waals surface area contributed by atoms with Crippen LogP contribution < -0.4 is 5.73 Å². The number of nitrogen functional groups attached to an aromatic ring is 1. The van der Waals surface area contributed by atoms with Crippen molar-refractivity contribution in [3.05, 3.63) is 89.0 Å². The third-order valence-corrected chi connectivity index (χ3v) is 11.6. The average molecular weight is 600 g/mol. The molecule has 234 valence electrons. The molecular formula is C37H45NO6. The van der Waals surface area contributed by atoms with Crippen molar-refractivity contribution < 1.29 is 29.3 Å². The van der Waals surface area contributed by atoms with Crippen LogP contribution in [0.5, 0.6) is 0 Å². The Morgan fingerprint density at radius 1 is 1.09 bits per heavy atom. The van der Waals surface area contributed by atoms with Crippen molar-refractivity contribution in [2.45, 2.75) is 70.2 Å². The smallest absolute Gasteiger partial charge is 0.193 e. The summed E-state index contributed by atoms with van der Waals surface area (Å²) >= 11 is 0. The quantitative estimate of drug-likeness (QED) is 0.360. The van der Waals surface area contributed by atoms with Crippen LogP contribution in [0.3, 0.4) is 0 Å². The molecule has 4 N–H and O–H groups in total. The van der Waals surface area contributed by atoms with Crippen molar-refractivity contribution in [2.24, 2.45) is 28.6 Å². The number of ether oxygens (including phenoxy) is 2. The van der Waals surface area contributed by atoms with Gasteiger partial charge in [0.1, 0.15) is 6.61 Å². The summed E-state index contributed by atoms with van der Waals surface area (Å²) in [5.41, 5.74) is 8.68. The Balaban J connectivity index is 1.23. The molecule has 0 aromatic heterocycles. The third kappa shape index (κ3) is 4.89. The Morgan fingerprint density at radius 3 is 2.55 bits per heavy atom. The molecule has 0 heterocycles. The van der Waals surface area contributed by atoms with Gasteiger partial charge in [0.05, 0.1) is 18.8 Å². The molecule has 44 heavy (non-hydrogen) atoms. The number of carbonyl (C=O) groups is 2. The Morgan fingerprint density at radius 2 is 1.84 bits per heavy atom. The van der Waals surface area contributed by atoms with E-state index in [1.165, 1.54) is 5.56 Å². The first-order valence-corrected chi connectivity index (χ1v) is 15.9. The van der Waals surface area contributed by atoms with Crippen molar-refractivity contribution in [3.8, 4) is 0 Å². The Labute approximate surface area is 260 Å². The standard InChI is InChI=1S/C37H45NO6/c1-35-15-13-28(40)19-26(35)11-12-29-30-20-33(43-3)37(32(42)22-39,36(30,2)21-31(41)34(29)35)44-16-14-23-7-9-24(10-8-23)17-25-5-4-6-27(38)18-25/h4-10,13,15,18-19,29-31,33-34,39,41H,11-12,14,16-17,20-22,38H2,1-3H3/t29?,30?,31?,33-,34?,35?,36?,37?/m1/s1. The van der Waals surface area contributed by atoms with Crippen molar-refractivity contribution in [1.82, 2.24) is 0 Å². The zero-order valence-electron chi connectivity index (χ0n) is 26.0. The first-order valence-electron chi connectivity index (χ1n) is 15.9. The summed E-state index contributed by atoms with van der Waals surface area (Å²) < 4.78 is 12.7. The summed E-state index contributed by atoms with van der Waals surface area (Å²) in [4.78, 5) is 26.0. The second kappa shape index (κ2) is 11.7. The number of rotatable bonds is 9. The number of methoxy groups -OCH3 is 1. The number of fused-ring (bicyclic) bond motifs is 5. The lowest BCUT2D eigenvalue weighted by Crippen LogP contribution is -2.65. The van der Waals surface area contributed by atoms with Gasteiger partial charge in [-0.2, -0.15) is 0 Å². The number of hydrogen-bond acceptors (Lipinski definition) is 7. The normalized spacial score (nSPS) is 35.9. The number of anilines is 1. The predicted octanol–water partition coefficient (Wildman–Crippen LogP) is 4.62. The fraction of sp³-hybridized carbons (Fsp3) is 0.514. The molecule has 0 amide bonds. The number of carbonyl (C=O) groups excluding carboxylic acids is 2. The minimum Gasteiger partial charge on any atom is -0.399 e. The van der Waals surface area contributed by atoms with Crippen LogP contribution in [0, 0.1) is 28.6 Å². The first-order chi connectivity index (χ1) is 21.1. The molecule has 3 fully saturated rings. The fourth-order valence-corrected chi connectivity index (χ4v) is 9.61. The average Bonchev–Trinajstić information content (AvgIpc) is 3.25. The summed E-state index contributed by atoms with van der Waals surface area (Å²) in [5, 5.41) is 22.1. The molecule has 0 bridgehead atoms. The number of nitrogens with two attached hydrogens (primary N) is 1. The lowest BCUT2D eigenvalue weighted by molar-refractivity contribution is -0.210. The largest absolute Gasteiger partial charge is 0.399 e. The van der Waals surface area contributed by atoms with E-state index in [-0.39, 0.29) is 35.9 Å². The number of aliphatic hydroxyl groups excluding tert-OH is 2. The summed E-state index contributed by atoms with van der Waals surface area (Å²) in [6.45, 7) is 3.82. The van der Waals surface area contributed by atoms with Gasteiger partial charge < -0.3 is 25.4 Å². The zero-order valence-corrected chi connectivity index (χ0v) is 26.0. The Hall–Kier alpha value is -3.10. The molecule has 6 rings (SSSR count). The van der Waals surface area contributed by atoms with E-state index in [9.17, 15) is 19.8 Å². The molecule has 7 unspecified atom stereocenters. The van der Waals surface area contributed by atoms with Gasteiger partial charge in [0.2, 0.25) is 0 Å². The number of ketones is 2. The maximum atomic E-state index is 13.8. The van der Waals surface area contributed by atoms with Crippen LogP contribution in [-0.2, 0) is 31.9 Å². The van der Waals surface area contributed by atoms with Gasteiger partial charge in [-0.05, 0) is 91.3 Å². The van der Waals surface area contributed by atoms with Crippen LogP contribution in [0.25, 0.3) is 0 Å². The van der Waals surface area contributed by atoms with Crippen molar-refractivity contribution in [1.29, 1.82) is 0 Å². The van der Waals surface area contributed by atoms with Crippen molar-refractivity contribution >= 4 is 17.3 Å².